The standard InChI is InChI=1S/C15H23ClN2O/c16-14-3-1-2-4-15(14)19-12-11-18-9-6-13(5-8-17)7-10-18/h1-4,13H,5-12,17H2. The molecular weight excluding hydrogens is 260 g/mol. The third-order valence-corrected chi connectivity index (χ3v) is 4.10. The Morgan fingerprint density at radius 2 is 2.00 bits per heavy atom. The third kappa shape index (κ3) is 4.68. The Kier molecular flexibility index (Phi) is 5.95. The van der Waals surface area contributed by atoms with Crippen LogP contribution in [-0.2, 0) is 0 Å². The molecule has 3 nitrogen and oxygen atoms in total. The summed E-state index contributed by atoms with van der Waals surface area (Å²) in [4.78, 5) is 2.46. The molecule has 0 radical (unpaired) electrons. The lowest BCUT2D eigenvalue weighted by molar-refractivity contribution is 0.152. The number of hydrogen-bond acceptors (Lipinski definition) is 3. The first kappa shape index (κ1) is 14.6. The Morgan fingerprint density at radius 1 is 1.26 bits per heavy atom. The van der Waals surface area contributed by atoms with Gasteiger partial charge in [-0.15, -0.1) is 0 Å². The van der Waals surface area contributed by atoms with E-state index in [1.165, 1.54) is 19.3 Å². The molecule has 1 aromatic rings. The highest BCUT2D eigenvalue weighted by Crippen LogP contribution is 2.23. The van der Waals surface area contributed by atoms with E-state index in [1.807, 2.05) is 24.3 Å². The van der Waals surface area contributed by atoms with Gasteiger partial charge in [-0.25, -0.2) is 0 Å². The summed E-state index contributed by atoms with van der Waals surface area (Å²) in [6.45, 7) is 4.82. The molecule has 19 heavy (non-hydrogen) atoms. The molecule has 0 atom stereocenters. The fourth-order valence-electron chi connectivity index (χ4n) is 2.58. The van der Waals surface area contributed by atoms with E-state index in [0.717, 1.165) is 37.8 Å². The highest BCUT2D eigenvalue weighted by atomic mass is 35.5. The van der Waals surface area contributed by atoms with E-state index in [9.17, 15) is 0 Å². The number of likely N-dealkylation sites (tertiary alicyclic amines) is 1. The van der Waals surface area contributed by atoms with E-state index in [1.54, 1.807) is 0 Å². The SMILES string of the molecule is NCCC1CCN(CCOc2ccccc2Cl)CC1. The van der Waals surface area contributed by atoms with Gasteiger partial charge in [-0.3, -0.25) is 4.90 Å². The van der Waals surface area contributed by atoms with E-state index in [-0.39, 0.29) is 0 Å². The van der Waals surface area contributed by atoms with Gasteiger partial charge >= 0.3 is 0 Å². The molecule has 0 aromatic heterocycles. The van der Waals surface area contributed by atoms with Gasteiger partial charge in [-0.05, 0) is 56.9 Å². The van der Waals surface area contributed by atoms with Gasteiger partial charge in [0, 0.05) is 6.54 Å². The molecule has 1 aromatic carbocycles. The van der Waals surface area contributed by atoms with Crippen LogP contribution in [0.4, 0.5) is 0 Å². The molecule has 0 amide bonds. The predicted octanol–water partition coefficient (Wildman–Crippen LogP) is 2.78. The van der Waals surface area contributed by atoms with E-state index >= 15 is 0 Å². The van der Waals surface area contributed by atoms with Crippen molar-refractivity contribution in [1.29, 1.82) is 0 Å². The minimum absolute atomic E-state index is 0.684. The Morgan fingerprint density at radius 3 is 2.68 bits per heavy atom. The summed E-state index contributed by atoms with van der Waals surface area (Å²) >= 11 is 6.05. The van der Waals surface area contributed by atoms with Crippen LogP contribution in [0.25, 0.3) is 0 Å². The Balaban J connectivity index is 1.66. The van der Waals surface area contributed by atoms with E-state index in [4.69, 9.17) is 22.1 Å². The molecule has 0 spiro atoms. The molecule has 0 saturated carbocycles. The van der Waals surface area contributed by atoms with Crippen LogP contribution in [0.3, 0.4) is 0 Å². The van der Waals surface area contributed by atoms with Gasteiger partial charge in [-0.2, -0.15) is 0 Å². The van der Waals surface area contributed by atoms with Gasteiger partial charge in [0.15, 0.2) is 0 Å². The lowest BCUT2D eigenvalue weighted by Gasteiger charge is -2.31. The van der Waals surface area contributed by atoms with Gasteiger partial charge in [0.05, 0.1) is 5.02 Å². The molecule has 0 unspecified atom stereocenters. The number of ether oxygens (including phenoxy) is 1. The van der Waals surface area contributed by atoms with Crippen LogP contribution >= 0.6 is 11.6 Å². The van der Waals surface area contributed by atoms with Gasteiger partial charge in [-0.1, -0.05) is 23.7 Å². The quantitative estimate of drug-likeness (QED) is 0.872. The number of para-hydroxylation sites is 1. The summed E-state index contributed by atoms with van der Waals surface area (Å²) in [6, 6.07) is 7.63. The van der Waals surface area contributed by atoms with Gasteiger partial charge in [0.2, 0.25) is 0 Å². The minimum atomic E-state index is 0.684. The highest BCUT2D eigenvalue weighted by molar-refractivity contribution is 6.32. The maximum Gasteiger partial charge on any atom is 0.137 e. The van der Waals surface area contributed by atoms with Crippen molar-refractivity contribution in [1.82, 2.24) is 4.90 Å². The van der Waals surface area contributed by atoms with Crippen molar-refractivity contribution in [3.8, 4) is 5.75 Å². The van der Waals surface area contributed by atoms with Crippen LogP contribution in [0.15, 0.2) is 24.3 Å². The summed E-state index contributed by atoms with van der Waals surface area (Å²) in [6.07, 6.45) is 3.70. The van der Waals surface area contributed by atoms with E-state index in [0.29, 0.717) is 11.6 Å². The highest BCUT2D eigenvalue weighted by Gasteiger charge is 2.18. The molecular formula is C15H23ClN2O. The predicted molar refractivity (Wildman–Crippen MR) is 79.8 cm³/mol. The fourth-order valence-corrected chi connectivity index (χ4v) is 2.77. The smallest absolute Gasteiger partial charge is 0.137 e. The molecule has 2 rings (SSSR count). The summed E-state index contributed by atoms with van der Waals surface area (Å²) in [5, 5.41) is 0.684. The van der Waals surface area contributed by atoms with Gasteiger partial charge < -0.3 is 10.5 Å². The molecule has 1 fully saturated rings. The van der Waals surface area contributed by atoms with Crippen molar-refractivity contribution in [3.05, 3.63) is 29.3 Å². The average Bonchev–Trinajstić information content (AvgIpc) is 2.43. The Labute approximate surface area is 120 Å². The van der Waals surface area contributed by atoms with E-state index < -0.39 is 0 Å². The normalized spacial score (nSPS) is 17.6. The average molecular weight is 283 g/mol. The van der Waals surface area contributed by atoms with Gasteiger partial charge in [0.25, 0.3) is 0 Å². The molecule has 0 bridgehead atoms. The Bertz CT molecular complexity index is 378. The monoisotopic (exact) mass is 282 g/mol. The number of halogens is 1. The number of piperidine rings is 1. The second-order valence-electron chi connectivity index (χ2n) is 5.14. The zero-order valence-corrected chi connectivity index (χ0v) is 12.1. The lowest BCUT2D eigenvalue weighted by atomic mass is 9.94. The zero-order chi connectivity index (χ0) is 13.5. The number of benzene rings is 1. The van der Waals surface area contributed by atoms with Crippen molar-refractivity contribution < 1.29 is 4.74 Å². The van der Waals surface area contributed by atoms with Crippen molar-refractivity contribution in [2.75, 3.05) is 32.8 Å². The maximum absolute atomic E-state index is 6.05. The zero-order valence-electron chi connectivity index (χ0n) is 11.4. The topological polar surface area (TPSA) is 38.5 Å². The summed E-state index contributed by atoms with van der Waals surface area (Å²) in [5.41, 5.74) is 5.61. The van der Waals surface area contributed by atoms with Crippen LogP contribution in [0.2, 0.25) is 5.02 Å². The first-order valence-corrected chi connectivity index (χ1v) is 7.47. The first-order chi connectivity index (χ1) is 9.29. The molecule has 106 valence electrons. The van der Waals surface area contributed by atoms with Crippen LogP contribution in [-0.4, -0.2) is 37.7 Å². The minimum Gasteiger partial charge on any atom is -0.491 e. The van der Waals surface area contributed by atoms with Gasteiger partial charge in [0.1, 0.15) is 12.4 Å². The second-order valence-corrected chi connectivity index (χ2v) is 5.55. The van der Waals surface area contributed by atoms with Crippen LogP contribution in [0.5, 0.6) is 5.75 Å². The van der Waals surface area contributed by atoms with Crippen LogP contribution in [0.1, 0.15) is 19.3 Å². The molecule has 1 aliphatic rings. The summed E-state index contributed by atoms with van der Waals surface area (Å²) in [7, 11) is 0. The van der Waals surface area contributed by atoms with Crippen LogP contribution in [0, 0.1) is 5.92 Å². The lowest BCUT2D eigenvalue weighted by Crippen LogP contribution is -2.36. The summed E-state index contributed by atoms with van der Waals surface area (Å²) in [5.74, 6) is 1.60. The van der Waals surface area contributed by atoms with Crippen LogP contribution < -0.4 is 10.5 Å². The first-order valence-electron chi connectivity index (χ1n) is 7.09. The number of hydrogen-bond donors (Lipinski definition) is 1. The largest absolute Gasteiger partial charge is 0.491 e. The number of nitrogens with zero attached hydrogens (tertiary/aromatic N) is 1. The van der Waals surface area contributed by atoms with E-state index in [2.05, 4.69) is 4.90 Å². The van der Waals surface area contributed by atoms with Crippen molar-refractivity contribution >= 4 is 11.6 Å². The maximum atomic E-state index is 6.05. The number of nitrogens with two attached hydrogens (primary N) is 1. The molecule has 2 N–H and O–H groups in total. The number of rotatable bonds is 6. The second kappa shape index (κ2) is 7.73. The van der Waals surface area contributed by atoms with Crippen molar-refractivity contribution in [2.45, 2.75) is 19.3 Å². The summed E-state index contributed by atoms with van der Waals surface area (Å²) < 4.78 is 5.72. The third-order valence-electron chi connectivity index (χ3n) is 3.78. The molecule has 0 aliphatic carbocycles. The molecule has 1 aliphatic heterocycles. The van der Waals surface area contributed by atoms with Crippen molar-refractivity contribution in [3.63, 3.8) is 0 Å². The fraction of sp³-hybridized carbons (Fsp3) is 0.600. The van der Waals surface area contributed by atoms with Crippen molar-refractivity contribution in [2.24, 2.45) is 11.7 Å². The molecule has 4 heteroatoms. The molecule has 1 heterocycles. The Hall–Kier alpha value is -0.770. The molecule has 1 saturated heterocycles.